The van der Waals surface area contributed by atoms with Crippen molar-refractivity contribution in [2.75, 3.05) is 24.7 Å². The van der Waals surface area contributed by atoms with Gasteiger partial charge in [-0.05, 0) is 0 Å². The van der Waals surface area contributed by atoms with Crippen molar-refractivity contribution in [3.63, 3.8) is 0 Å². The van der Waals surface area contributed by atoms with Crippen LogP contribution in [0.15, 0.2) is 23.8 Å². The van der Waals surface area contributed by atoms with E-state index >= 15 is 8.78 Å². The molecular weight excluding hydrogens is 672 g/mol. The lowest BCUT2D eigenvalue weighted by Gasteiger charge is -2.27. The van der Waals surface area contributed by atoms with Crippen molar-refractivity contribution < 1.29 is 41.5 Å². The van der Waals surface area contributed by atoms with Crippen LogP contribution in [0.4, 0.5) is 20.5 Å². The first kappa shape index (κ1) is 31.3. The molecule has 0 aliphatic carbocycles. The van der Waals surface area contributed by atoms with E-state index in [4.69, 9.17) is 30.0 Å². The highest BCUT2D eigenvalue weighted by Crippen LogP contribution is 2.64. The molecule has 2 aliphatic rings. The first-order chi connectivity index (χ1) is 20.9. The van der Waals surface area contributed by atoms with Crippen molar-refractivity contribution in [1.82, 2.24) is 39.0 Å². The van der Waals surface area contributed by atoms with Crippen LogP contribution >= 0.6 is 38.3 Å². The molecule has 238 valence electrons. The number of aromatic nitrogens is 8. The normalized spacial score (nSPS) is 31.1. The van der Waals surface area contributed by atoms with Crippen LogP contribution in [-0.4, -0.2) is 93.7 Å². The summed E-state index contributed by atoms with van der Waals surface area (Å²) < 4.78 is 81.9. The standard InChI is InChI=1S/C20H24F2N10O8P2S2/c21-8-6(1-33)38-19(32-5-28-11-16(32)29-20(24)30-17(11)34)13(8)42(36,44)37-2-7-12(40-41(35)43)9(22)18(39-7)31-4-27-10-14(23)25-3-26-15(10)31/h3-9,12-13,18-19,33,41H,1-2H2,(H,35,43)(H,36,44)(H2,23,25,26)(H3,24,29,30,34)/t6-,7-,8+,9+,12-,13-,18-,19-,42?/m1/s1. The number of alkyl halides is 2. The van der Waals surface area contributed by atoms with E-state index in [1.165, 1.54) is 10.9 Å². The number of aliphatic hydroxyl groups is 1. The molecule has 0 aromatic carbocycles. The molecule has 0 radical (unpaired) electrons. The highest BCUT2D eigenvalue weighted by molar-refractivity contribution is 8.46. The minimum Gasteiger partial charge on any atom is -0.394 e. The number of nitrogens with two attached hydrogens (primary N) is 2. The molecule has 6 N–H and O–H groups in total. The quantitative estimate of drug-likeness (QED) is 0.105. The minimum absolute atomic E-state index is 0.0368. The van der Waals surface area contributed by atoms with E-state index in [0.29, 0.717) is 0 Å². The van der Waals surface area contributed by atoms with Gasteiger partial charge in [-0.2, -0.15) is 4.98 Å². The van der Waals surface area contributed by atoms with Crippen LogP contribution < -0.4 is 17.0 Å². The molecule has 2 saturated heterocycles. The van der Waals surface area contributed by atoms with Crippen molar-refractivity contribution >= 4 is 72.4 Å². The predicted molar refractivity (Wildman–Crippen MR) is 156 cm³/mol. The van der Waals surface area contributed by atoms with E-state index in [9.17, 15) is 19.0 Å². The van der Waals surface area contributed by atoms with Crippen LogP contribution in [0.5, 0.6) is 0 Å². The monoisotopic (exact) mass is 696 g/mol. The number of nitrogens with zero attached hydrogens (tertiary/aromatic N) is 7. The first-order valence-corrected chi connectivity index (χ1v) is 18.1. The number of fused-ring (bicyclic) bond motifs is 2. The van der Waals surface area contributed by atoms with Gasteiger partial charge in [-0.15, -0.1) is 0 Å². The van der Waals surface area contributed by atoms with E-state index in [1.807, 2.05) is 0 Å². The Morgan fingerprint density at radius 1 is 1.07 bits per heavy atom. The molecule has 10 atom stereocenters. The average Bonchev–Trinajstić information content (AvgIpc) is 3.72. The second-order valence-electron chi connectivity index (χ2n) is 9.76. The maximum Gasteiger partial charge on any atom is 0.280 e. The summed E-state index contributed by atoms with van der Waals surface area (Å²) in [7, 11) is -3.03. The van der Waals surface area contributed by atoms with Gasteiger partial charge in [-0.1, -0.05) is 24.5 Å². The smallest absolute Gasteiger partial charge is 0.280 e. The van der Waals surface area contributed by atoms with Crippen molar-refractivity contribution in [3.05, 3.63) is 29.3 Å². The van der Waals surface area contributed by atoms with Crippen LogP contribution in [0.3, 0.4) is 0 Å². The number of rotatable bonds is 9. The second-order valence-corrected chi connectivity index (χ2v) is 15.3. The van der Waals surface area contributed by atoms with Crippen molar-refractivity contribution in [2.45, 2.75) is 48.8 Å². The maximum absolute atomic E-state index is 15.8. The number of nitrogens with one attached hydrogen (secondary N) is 1. The van der Waals surface area contributed by atoms with Gasteiger partial charge in [0, 0.05) is 0 Å². The zero-order chi connectivity index (χ0) is 31.5. The van der Waals surface area contributed by atoms with Crippen LogP contribution in [-0.2, 0) is 27.7 Å². The topological polar surface area (TPSA) is 250 Å². The molecule has 6 rings (SSSR count). The molecule has 2 aliphatic heterocycles. The lowest BCUT2D eigenvalue weighted by Crippen LogP contribution is -2.34. The number of ether oxygens (including phenoxy) is 2. The largest absolute Gasteiger partial charge is 0.394 e. The third-order valence-electron chi connectivity index (χ3n) is 7.16. The van der Waals surface area contributed by atoms with Gasteiger partial charge in [-0.25, -0.2) is 28.7 Å². The summed E-state index contributed by atoms with van der Waals surface area (Å²) >= 11 is 7.91. The van der Waals surface area contributed by atoms with E-state index in [0.717, 1.165) is 17.2 Å². The number of anilines is 2. The fourth-order valence-corrected chi connectivity index (χ4v) is 8.61. The lowest BCUT2D eigenvalue weighted by atomic mass is 10.1. The Bertz CT molecular complexity index is 1850. The van der Waals surface area contributed by atoms with Gasteiger partial charge in [0.1, 0.15) is 42.0 Å². The lowest BCUT2D eigenvalue weighted by molar-refractivity contribution is -0.0389. The Morgan fingerprint density at radius 2 is 1.75 bits per heavy atom. The fraction of sp³-hybridized carbons (Fsp3) is 0.500. The molecule has 0 saturated carbocycles. The molecule has 0 spiro atoms. The number of nitrogen functional groups attached to an aromatic ring is 2. The third kappa shape index (κ3) is 5.41. The van der Waals surface area contributed by atoms with Gasteiger partial charge in [0.05, 0.1) is 25.9 Å². The SMILES string of the molecule is Nc1nc2c(ncn2[C@@H]2O[C@H](CO)[C@H](F)[C@H]2P(=O)(S)OC[C@H]2O[C@@H](n3cnc4c(N)ncnc43)[C@@H](F)[C@@H]2O[PH](=O)S)c(=O)[nH]1. The molecule has 18 nitrogen and oxygen atoms in total. The van der Waals surface area contributed by atoms with Crippen LogP contribution in [0.25, 0.3) is 22.3 Å². The minimum atomic E-state index is -4.42. The summed E-state index contributed by atoms with van der Waals surface area (Å²) in [5.41, 5.74) is 9.11. The average molecular weight is 697 g/mol. The van der Waals surface area contributed by atoms with Crippen LogP contribution in [0.1, 0.15) is 12.5 Å². The van der Waals surface area contributed by atoms with E-state index in [2.05, 4.69) is 54.4 Å². The molecule has 2 fully saturated rings. The molecule has 44 heavy (non-hydrogen) atoms. The number of aliphatic hydroxyl groups excluding tert-OH is 1. The summed E-state index contributed by atoms with van der Waals surface area (Å²) in [6.45, 7) is -5.91. The Morgan fingerprint density at radius 3 is 2.45 bits per heavy atom. The van der Waals surface area contributed by atoms with Gasteiger partial charge in [0.15, 0.2) is 41.3 Å². The molecule has 24 heteroatoms. The van der Waals surface area contributed by atoms with Gasteiger partial charge >= 0.3 is 0 Å². The molecule has 4 aromatic heterocycles. The number of imidazole rings is 2. The summed E-state index contributed by atoms with van der Waals surface area (Å²) in [5, 5.41) is 9.73. The summed E-state index contributed by atoms with van der Waals surface area (Å²) in [6, 6.07) is 0. The molecule has 2 unspecified atom stereocenters. The summed E-state index contributed by atoms with van der Waals surface area (Å²) in [6.07, 6.45) is -7.94. The number of halogens is 2. The third-order valence-corrected chi connectivity index (χ3v) is 10.9. The number of aromatic amines is 1. The molecular formula is C20H24F2N10O8P2S2. The number of H-pyrrole nitrogens is 1. The van der Waals surface area contributed by atoms with Gasteiger partial charge in [0.2, 0.25) is 13.2 Å². The number of thiol groups is 2. The van der Waals surface area contributed by atoms with Crippen LogP contribution in [0.2, 0.25) is 0 Å². The zero-order valence-corrected chi connectivity index (χ0v) is 25.6. The second kappa shape index (κ2) is 11.9. The van der Waals surface area contributed by atoms with E-state index in [1.54, 1.807) is 0 Å². The Hall–Kier alpha value is -2.68. The molecule has 0 bridgehead atoms. The summed E-state index contributed by atoms with van der Waals surface area (Å²) in [4.78, 5) is 34.5. The molecule has 0 amide bonds. The zero-order valence-electron chi connectivity index (χ0n) is 22.0. The molecule has 6 heterocycles. The Labute approximate surface area is 255 Å². The van der Waals surface area contributed by atoms with E-state index < -0.39 is 81.3 Å². The predicted octanol–water partition coefficient (Wildman–Crippen LogP) is 0.800. The summed E-state index contributed by atoms with van der Waals surface area (Å²) in [5.74, 6) is -0.239. The van der Waals surface area contributed by atoms with Gasteiger partial charge in [0.25, 0.3) is 12.1 Å². The highest BCUT2D eigenvalue weighted by atomic mass is 32.7. The number of hydrogen-bond acceptors (Lipinski definition) is 15. The van der Waals surface area contributed by atoms with E-state index in [-0.39, 0.29) is 34.1 Å². The first-order valence-electron chi connectivity index (χ1n) is 12.6. The number of hydrogen-bond donors (Lipinski definition) is 6. The Kier molecular flexibility index (Phi) is 8.48. The van der Waals surface area contributed by atoms with Gasteiger partial charge < -0.3 is 35.1 Å². The van der Waals surface area contributed by atoms with Gasteiger partial charge in [-0.3, -0.25) is 28.0 Å². The maximum atomic E-state index is 15.8. The Balaban J connectivity index is 1.29. The highest BCUT2D eigenvalue weighted by Gasteiger charge is 2.56. The van der Waals surface area contributed by atoms with Crippen LogP contribution in [0, 0.1) is 0 Å². The fourth-order valence-electron chi connectivity index (χ4n) is 5.19. The van der Waals surface area contributed by atoms with Crippen molar-refractivity contribution in [1.29, 1.82) is 0 Å². The molecule has 4 aromatic rings. The van der Waals surface area contributed by atoms with Crippen molar-refractivity contribution in [2.24, 2.45) is 0 Å². The van der Waals surface area contributed by atoms with Crippen molar-refractivity contribution in [3.8, 4) is 0 Å².